The molecule has 1 atom stereocenters. The molecule has 5 heteroatoms. The predicted molar refractivity (Wildman–Crippen MR) is 67.0 cm³/mol. The predicted octanol–water partition coefficient (Wildman–Crippen LogP) is 3.17. The summed E-state index contributed by atoms with van der Waals surface area (Å²) < 4.78 is 28.7. The standard InChI is InChI=1S/C13H20F2N2O/c1-9(17-13(2,3)4)10-5-6-12(16-7-10)18-8-11(14)15/h5-7,9,11,17H,8H2,1-4H3. The lowest BCUT2D eigenvalue weighted by atomic mass is 10.0. The molecule has 0 spiro atoms. The lowest BCUT2D eigenvalue weighted by Crippen LogP contribution is -2.37. The molecule has 1 N–H and O–H groups in total. The first kappa shape index (κ1) is 14.8. The highest BCUT2D eigenvalue weighted by atomic mass is 19.3. The minimum atomic E-state index is -2.48. The van der Waals surface area contributed by atoms with Crippen molar-refractivity contribution in [3.05, 3.63) is 23.9 Å². The molecule has 1 aromatic rings. The highest BCUT2D eigenvalue weighted by molar-refractivity contribution is 5.20. The number of aromatic nitrogens is 1. The van der Waals surface area contributed by atoms with Gasteiger partial charge in [0.15, 0.2) is 6.61 Å². The number of nitrogens with one attached hydrogen (secondary N) is 1. The Morgan fingerprint density at radius 1 is 1.33 bits per heavy atom. The molecule has 0 aliphatic rings. The maximum absolute atomic E-state index is 12.0. The molecule has 0 fully saturated rings. The van der Waals surface area contributed by atoms with E-state index in [0.717, 1.165) is 5.56 Å². The van der Waals surface area contributed by atoms with Crippen molar-refractivity contribution < 1.29 is 13.5 Å². The lowest BCUT2D eigenvalue weighted by Gasteiger charge is -2.26. The summed E-state index contributed by atoms with van der Waals surface area (Å²) in [5, 5.41) is 3.40. The van der Waals surface area contributed by atoms with Crippen LogP contribution in [-0.4, -0.2) is 23.6 Å². The summed E-state index contributed by atoms with van der Waals surface area (Å²) >= 11 is 0. The molecule has 0 saturated heterocycles. The molecular weight excluding hydrogens is 238 g/mol. The third-order valence-electron chi connectivity index (χ3n) is 2.27. The Labute approximate surface area is 107 Å². The van der Waals surface area contributed by atoms with Gasteiger partial charge in [0.2, 0.25) is 5.88 Å². The van der Waals surface area contributed by atoms with Gasteiger partial charge < -0.3 is 10.1 Å². The van der Waals surface area contributed by atoms with Gasteiger partial charge in [0, 0.05) is 23.8 Å². The van der Waals surface area contributed by atoms with E-state index in [4.69, 9.17) is 4.74 Å². The highest BCUT2D eigenvalue weighted by Crippen LogP contribution is 2.17. The zero-order chi connectivity index (χ0) is 13.8. The Kier molecular flexibility index (Phi) is 5.02. The van der Waals surface area contributed by atoms with Gasteiger partial charge in [-0.2, -0.15) is 0 Å². The molecule has 1 heterocycles. The van der Waals surface area contributed by atoms with Crippen LogP contribution in [0.4, 0.5) is 8.78 Å². The van der Waals surface area contributed by atoms with Crippen LogP contribution in [0.1, 0.15) is 39.3 Å². The average molecular weight is 258 g/mol. The van der Waals surface area contributed by atoms with Crippen molar-refractivity contribution in [2.24, 2.45) is 0 Å². The average Bonchev–Trinajstić information content (AvgIpc) is 2.24. The molecule has 0 aromatic carbocycles. The van der Waals surface area contributed by atoms with Crippen molar-refractivity contribution >= 4 is 0 Å². The number of nitrogens with zero attached hydrogens (tertiary/aromatic N) is 1. The Hall–Kier alpha value is -1.23. The summed E-state index contributed by atoms with van der Waals surface area (Å²) in [5.41, 5.74) is 0.999. The molecule has 0 bridgehead atoms. The van der Waals surface area contributed by atoms with E-state index in [2.05, 4.69) is 31.1 Å². The highest BCUT2D eigenvalue weighted by Gasteiger charge is 2.15. The second-order valence-electron chi connectivity index (χ2n) is 5.25. The number of rotatable bonds is 5. The summed E-state index contributed by atoms with van der Waals surface area (Å²) in [7, 11) is 0. The van der Waals surface area contributed by atoms with E-state index in [1.54, 1.807) is 12.3 Å². The number of alkyl halides is 2. The first-order chi connectivity index (χ1) is 8.28. The van der Waals surface area contributed by atoms with Gasteiger partial charge in [-0.1, -0.05) is 6.07 Å². The Balaban J connectivity index is 2.59. The molecular formula is C13H20F2N2O. The van der Waals surface area contributed by atoms with E-state index in [0.29, 0.717) is 0 Å². The van der Waals surface area contributed by atoms with Crippen molar-refractivity contribution in [3.8, 4) is 5.88 Å². The SMILES string of the molecule is CC(NC(C)(C)C)c1ccc(OCC(F)F)nc1. The monoisotopic (exact) mass is 258 g/mol. The number of ether oxygens (including phenoxy) is 1. The first-order valence-electron chi connectivity index (χ1n) is 5.92. The van der Waals surface area contributed by atoms with Gasteiger partial charge in [-0.25, -0.2) is 13.8 Å². The van der Waals surface area contributed by atoms with Crippen LogP contribution >= 0.6 is 0 Å². The van der Waals surface area contributed by atoms with E-state index in [1.807, 2.05) is 13.0 Å². The maximum Gasteiger partial charge on any atom is 0.272 e. The fourth-order valence-electron chi connectivity index (χ4n) is 1.61. The fourth-order valence-corrected chi connectivity index (χ4v) is 1.61. The van der Waals surface area contributed by atoms with Crippen LogP contribution in [0.25, 0.3) is 0 Å². The van der Waals surface area contributed by atoms with E-state index < -0.39 is 13.0 Å². The van der Waals surface area contributed by atoms with Crippen LogP contribution < -0.4 is 10.1 Å². The van der Waals surface area contributed by atoms with Crippen molar-refractivity contribution in [2.75, 3.05) is 6.61 Å². The van der Waals surface area contributed by atoms with E-state index >= 15 is 0 Å². The summed E-state index contributed by atoms with van der Waals surface area (Å²) in [5.74, 6) is 0.224. The Morgan fingerprint density at radius 2 is 2.00 bits per heavy atom. The van der Waals surface area contributed by atoms with Crippen LogP contribution in [0, 0.1) is 0 Å². The van der Waals surface area contributed by atoms with Gasteiger partial charge in [0.05, 0.1) is 0 Å². The van der Waals surface area contributed by atoms with Gasteiger partial charge in [0.25, 0.3) is 6.43 Å². The van der Waals surface area contributed by atoms with Gasteiger partial charge in [-0.3, -0.25) is 0 Å². The molecule has 3 nitrogen and oxygen atoms in total. The number of hydrogen-bond acceptors (Lipinski definition) is 3. The van der Waals surface area contributed by atoms with Crippen molar-refractivity contribution in [1.82, 2.24) is 10.3 Å². The van der Waals surface area contributed by atoms with Crippen LogP contribution in [0.3, 0.4) is 0 Å². The number of halogens is 2. The fraction of sp³-hybridized carbons (Fsp3) is 0.615. The second kappa shape index (κ2) is 6.09. The largest absolute Gasteiger partial charge is 0.472 e. The van der Waals surface area contributed by atoms with Crippen LogP contribution in [0.5, 0.6) is 5.88 Å². The molecule has 18 heavy (non-hydrogen) atoms. The smallest absolute Gasteiger partial charge is 0.272 e. The maximum atomic E-state index is 12.0. The molecule has 0 aliphatic carbocycles. The van der Waals surface area contributed by atoms with E-state index in [-0.39, 0.29) is 17.5 Å². The summed E-state index contributed by atoms with van der Waals surface area (Å²) in [6.45, 7) is 7.65. The van der Waals surface area contributed by atoms with Crippen LogP contribution in [0.15, 0.2) is 18.3 Å². The first-order valence-corrected chi connectivity index (χ1v) is 5.92. The third kappa shape index (κ3) is 5.40. The zero-order valence-corrected chi connectivity index (χ0v) is 11.2. The Bertz CT molecular complexity index is 360. The minimum absolute atomic E-state index is 0.00423. The molecule has 0 radical (unpaired) electrons. The topological polar surface area (TPSA) is 34.1 Å². The third-order valence-corrected chi connectivity index (χ3v) is 2.27. The summed E-state index contributed by atoms with van der Waals surface area (Å²) in [6.07, 6.45) is -0.836. The Morgan fingerprint density at radius 3 is 2.44 bits per heavy atom. The normalized spacial score (nSPS) is 13.7. The molecule has 0 saturated carbocycles. The molecule has 1 aromatic heterocycles. The van der Waals surface area contributed by atoms with Crippen molar-refractivity contribution in [2.45, 2.75) is 45.7 Å². The summed E-state index contributed by atoms with van der Waals surface area (Å²) in [6, 6.07) is 3.58. The minimum Gasteiger partial charge on any atom is -0.472 e. The summed E-state index contributed by atoms with van der Waals surface area (Å²) in [4.78, 5) is 4.01. The molecule has 1 unspecified atom stereocenters. The number of hydrogen-bond donors (Lipinski definition) is 1. The molecule has 0 aliphatic heterocycles. The molecule has 1 rings (SSSR count). The van der Waals surface area contributed by atoms with E-state index in [1.165, 1.54) is 0 Å². The van der Waals surface area contributed by atoms with Crippen LogP contribution in [-0.2, 0) is 0 Å². The van der Waals surface area contributed by atoms with Gasteiger partial charge in [0.1, 0.15) is 0 Å². The van der Waals surface area contributed by atoms with Gasteiger partial charge >= 0.3 is 0 Å². The number of pyridine rings is 1. The van der Waals surface area contributed by atoms with Gasteiger partial charge in [-0.05, 0) is 33.3 Å². The quantitative estimate of drug-likeness (QED) is 0.880. The van der Waals surface area contributed by atoms with E-state index in [9.17, 15) is 8.78 Å². The van der Waals surface area contributed by atoms with Crippen molar-refractivity contribution in [3.63, 3.8) is 0 Å². The zero-order valence-electron chi connectivity index (χ0n) is 11.2. The second-order valence-corrected chi connectivity index (χ2v) is 5.25. The van der Waals surface area contributed by atoms with Crippen LogP contribution in [0.2, 0.25) is 0 Å². The van der Waals surface area contributed by atoms with Gasteiger partial charge in [-0.15, -0.1) is 0 Å². The molecule has 102 valence electrons. The van der Waals surface area contributed by atoms with Crippen molar-refractivity contribution in [1.29, 1.82) is 0 Å². The molecule has 0 amide bonds. The lowest BCUT2D eigenvalue weighted by molar-refractivity contribution is 0.0795.